The first kappa shape index (κ1) is 9.61. The number of nitrogens with zero attached hydrogens (tertiary/aromatic N) is 1. The Balaban J connectivity index is 3.23. The highest BCUT2D eigenvalue weighted by molar-refractivity contribution is 9.10. The van der Waals surface area contributed by atoms with E-state index in [0.717, 1.165) is 0 Å². The van der Waals surface area contributed by atoms with E-state index in [0.29, 0.717) is 4.60 Å². The maximum absolute atomic E-state index is 13.1. The Morgan fingerprint density at radius 2 is 2.08 bits per heavy atom. The van der Waals surface area contributed by atoms with E-state index in [2.05, 4.69) is 20.9 Å². The number of hydrogen-bond donors (Lipinski definition) is 1. The van der Waals surface area contributed by atoms with Crippen molar-refractivity contribution in [3.8, 4) is 0 Å². The predicted octanol–water partition coefficient (Wildman–Crippen LogP) is 2.18. The normalized spacial score (nSPS) is 11.8. The minimum Gasteiger partial charge on any atom is -0.320 e. The molecule has 0 aliphatic carbocycles. The third-order valence-electron chi connectivity index (χ3n) is 1.42. The van der Waals surface area contributed by atoms with Gasteiger partial charge in [-0.15, -0.1) is 0 Å². The number of hydrogen-bond acceptors (Lipinski definition) is 2. The summed E-state index contributed by atoms with van der Waals surface area (Å²) in [6.45, 7) is 3.43. The van der Waals surface area contributed by atoms with Gasteiger partial charge in [-0.25, -0.2) is 9.37 Å². The van der Waals surface area contributed by atoms with Crippen LogP contribution in [0.4, 0.5) is 4.39 Å². The van der Waals surface area contributed by atoms with Crippen molar-refractivity contribution in [3.05, 3.63) is 28.2 Å². The molecule has 0 aromatic carbocycles. The quantitative estimate of drug-likeness (QED) is 0.755. The second-order valence-corrected chi connectivity index (χ2v) is 4.00. The van der Waals surface area contributed by atoms with Crippen molar-refractivity contribution >= 4 is 15.9 Å². The lowest BCUT2D eigenvalue weighted by atomic mass is 10.0. The van der Waals surface area contributed by atoms with Crippen LogP contribution in [0.1, 0.15) is 19.5 Å². The van der Waals surface area contributed by atoms with Crippen molar-refractivity contribution in [1.82, 2.24) is 4.98 Å². The molecule has 66 valence electrons. The van der Waals surface area contributed by atoms with E-state index in [-0.39, 0.29) is 11.5 Å². The minimum absolute atomic E-state index is 0.275. The van der Waals surface area contributed by atoms with Crippen molar-refractivity contribution < 1.29 is 4.39 Å². The number of pyridine rings is 1. The molecule has 12 heavy (non-hydrogen) atoms. The fraction of sp³-hybridized carbons (Fsp3) is 0.375. The molecule has 4 heteroatoms. The molecule has 0 amide bonds. The molecule has 0 aliphatic rings. The van der Waals surface area contributed by atoms with Crippen LogP contribution in [0.3, 0.4) is 0 Å². The Morgan fingerprint density at radius 1 is 1.50 bits per heavy atom. The van der Waals surface area contributed by atoms with Gasteiger partial charge < -0.3 is 5.73 Å². The Kier molecular flexibility index (Phi) is 2.49. The van der Waals surface area contributed by atoms with Gasteiger partial charge in [-0.05, 0) is 41.9 Å². The van der Waals surface area contributed by atoms with E-state index in [1.807, 2.05) is 0 Å². The molecule has 0 bridgehead atoms. The molecule has 1 aromatic rings. The van der Waals surface area contributed by atoms with Gasteiger partial charge in [0.25, 0.3) is 0 Å². The predicted molar refractivity (Wildman–Crippen MR) is 49.1 cm³/mol. The third-order valence-corrected chi connectivity index (χ3v) is 1.86. The molecule has 1 aromatic heterocycles. The van der Waals surface area contributed by atoms with Crippen molar-refractivity contribution in [1.29, 1.82) is 0 Å². The first-order chi connectivity index (χ1) is 5.41. The maximum atomic E-state index is 13.1. The van der Waals surface area contributed by atoms with Gasteiger partial charge in [-0.1, -0.05) is 0 Å². The zero-order chi connectivity index (χ0) is 9.35. The van der Waals surface area contributed by atoms with Gasteiger partial charge in [0.2, 0.25) is 0 Å². The molecule has 1 rings (SSSR count). The fourth-order valence-corrected chi connectivity index (χ4v) is 1.18. The molecule has 0 aliphatic heterocycles. The number of aromatic nitrogens is 1. The molecule has 2 nitrogen and oxygen atoms in total. The van der Waals surface area contributed by atoms with Gasteiger partial charge in [0.1, 0.15) is 10.4 Å². The first-order valence-corrected chi connectivity index (χ1v) is 4.32. The summed E-state index contributed by atoms with van der Waals surface area (Å²) in [5.41, 5.74) is 5.24. The summed E-state index contributed by atoms with van der Waals surface area (Å²) < 4.78 is 13.7. The Bertz CT molecular complexity index is 294. The summed E-state index contributed by atoms with van der Waals surface area (Å²) in [5.74, 6) is -0.370. The number of halogens is 2. The van der Waals surface area contributed by atoms with Crippen LogP contribution in [0, 0.1) is 5.82 Å². The van der Waals surface area contributed by atoms with Crippen LogP contribution >= 0.6 is 15.9 Å². The molecule has 1 heterocycles. The van der Waals surface area contributed by atoms with Crippen LogP contribution in [0.25, 0.3) is 0 Å². The smallest absolute Gasteiger partial charge is 0.146 e. The molecule has 2 N–H and O–H groups in total. The van der Waals surface area contributed by atoms with E-state index >= 15 is 0 Å². The first-order valence-electron chi connectivity index (χ1n) is 3.52. The Hall–Kier alpha value is -0.480. The van der Waals surface area contributed by atoms with Gasteiger partial charge in [0.05, 0.1) is 11.2 Å². The Labute approximate surface area is 79.1 Å². The average Bonchev–Trinajstić information content (AvgIpc) is 1.92. The molecular weight excluding hydrogens is 223 g/mol. The third kappa shape index (κ3) is 2.01. The van der Waals surface area contributed by atoms with E-state index < -0.39 is 5.54 Å². The van der Waals surface area contributed by atoms with Crippen LogP contribution in [-0.2, 0) is 5.54 Å². The zero-order valence-electron chi connectivity index (χ0n) is 6.94. The van der Waals surface area contributed by atoms with E-state index in [9.17, 15) is 4.39 Å². The second-order valence-electron chi connectivity index (χ2n) is 3.19. The van der Waals surface area contributed by atoms with Crippen LogP contribution in [0.15, 0.2) is 16.7 Å². The zero-order valence-corrected chi connectivity index (χ0v) is 8.52. The monoisotopic (exact) mass is 232 g/mol. The van der Waals surface area contributed by atoms with Crippen molar-refractivity contribution in [2.75, 3.05) is 0 Å². The summed E-state index contributed by atoms with van der Waals surface area (Å²) in [5, 5.41) is 0. The Morgan fingerprint density at radius 3 is 2.50 bits per heavy atom. The van der Waals surface area contributed by atoms with Crippen LogP contribution < -0.4 is 5.73 Å². The average molecular weight is 233 g/mol. The largest absolute Gasteiger partial charge is 0.320 e. The summed E-state index contributed by atoms with van der Waals surface area (Å²) in [6.07, 6.45) is 0. The van der Waals surface area contributed by atoms with Crippen molar-refractivity contribution in [2.24, 2.45) is 5.73 Å². The van der Waals surface area contributed by atoms with Gasteiger partial charge in [0, 0.05) is 0 Å². The van der Waals surface area contributed by atoms with Crippen molar-refractivity contribution in [3.63, 3.8) is 0 Å². The lowest BCUT2D eigenvalue weighted by Crippen LogP contribution is -2.31. The standard InChI is InChI=1S/C8H10BrFN2/c1-8(2,11)7-5(10)3-4-6(9)12-7/h3-4H,11H2,1-2H3. The topological polar surface area (TPSA) is 38.9 Å². The number of rotatable bonds is 1. The van der Waals surface area contributed by atoms with Gasteiger partial charge in [0.15, 0.2) is 0 Å². The SMILES string of the molecule is CC(C)(N)c1nc(Br)ccc1F. The molecule has 0 atom stereocenters. The fourth-order valence-electron chi connectivity index (χ4n) is 0.870. The molecule has 0 spiro atoms. The van der Waals surface area contributed by atoms with E-state index in [1.165, 1.54) is 6.07 Å². The van der Waals surface area contributed by atoms with Crippen molar-refractivity contribution in [2.45, 2.75) is 19.4 Å². The molecule has 0 radical (unpaired) electrons. The summed E-state index contributed by atoms with van der Waals surface area (Å²) in [4.78, 5) is 3.96. The highest BCUT2D eigenvalue weighted by Crippen LogP contribution is 2.20. The summed E-state index contributed by atoms with van der Waals surface area (Å²) in [7, 11) is 0. The molecule has 0 unspecified atom stereocenters. The maximum Gasteiger partial charge on any atom is 0.146 e. The molecular formula is C8H10BrFN2. The van der Waals surface area contributed by atoms with Crippen LogP contribution in [-0.4, -0.2) is 4.98 Å². The summed E-state index contributed by atoms with van der Waals surface area (Å²) >= 11 is 3.16. The van der Waals surface area contributed by atoms with Crippen LogP contribution in [0.2, 0.25) is 0 Å². The van der Waals surface area contributed by atoms with E-state index in [1.54, 1.807) is 19.9 Å². The lowest BCUT2D eigenvalue weighted by Gasteiger charge is -2.18. The molecule has 0 fully saturated rings. The van der Waals surface area contributed by atoms with E-state index in [4.69, 9.17) is 5.73 Å². The van der Waals surface area contributed by atoms with Gasteiger partial charge in [-0.3, -0.25) is 0 Å². The number of nitrogens with two attached hydrogens (primary N) is 1. The van der Waals surface area contributed by atoms with Crippen LogP contribution in [0.5, 0.6) is 0 Å². The van der Waals surface area contributed by atoms with Gasteiger partial charge >= 0.3 is 0 Å². The highest BCUT2D eigenvalue weighted by Gasteiger charge is 2.20. The minimum atomic E-state index is -0.742. The lowest BCUT2D eigenvalue weighted by molar-refractivity contribution is 0.481. The highest BCUT2D eigenvalue weighted by atomic mass is 79.9. The molecule has 0 saturated carbocycles. The second kappa shape index (κ2) is 3.11. The summed E-state index contributed by atoms with van der Waals surface area (Å²) in [6, 6.07) is 2.89. The molecule has 0 saturated heterocycles. The van der Waals surface area contributed by atoms with Gasteiger partial charge in [-0.2, -0.15) is 0 Å².